The molecule has 0 spiro atoms. The molecule has 15 fully saturated rings. The smallest absolute Gasteiger partial charge is 0.293 e. The molecule has 3 saturated heterocycles. The third kappa shape index (κ3) is 18.3. The standard InChI is InChI=1S/3C44H69FN2O2/c3*1-31(2)33-15-22-44(46-25-28-47-26-9-8-10-27-47)24-23-41(6)35(38(33)44)11-12-37-40(5)18-16-34(39(3,4)36(40)17-19-42(37,41)7)32-13-20-43(29-45,21-14-32)49-30-48/h3*13,16,30,33,35-38,46H,1,8-12,14-15,17-29H2,2-7H3/t33-,35+,36-,37+,38+,40-,41+,42+,43?,44-;33-,35+,36-,37+,38+,40-,41+,42+,43+,44-;33-,35+,36-,37+,38+,40-,41+,42+,43-,44-/m000/s1. The van der Waals surface area contributed by atoms with Crippen LogP contribution in [-0.2, 0) is 28.6 Å². The summed E-state index contributed by atoms with van der Waals surface area (Å²) in [7, 11) is 0. The number of fused-ring (bicyclic) bond motifs is 21. The second-order valence-corrected chi connectivity index (χ2v) is 59.0. The van der Waals surface area contributed by atoms with E-state index in [0.717, 1.165) is 93.7 Å². The monoisotopic (exact) mass is 2030 g/mol. The number of piperidine rings is 3. The average Bonchev–Trinajstić information content (AvgIpc) is 1.66. The lowest BCUT2D eigenvalue weighted by Gasteiger charge is -2.72. The summed E-state index contributed by atoms with van der Waals surface area (Å²) in [6.45, 7) is 74.8. The third-order valence-electron chi connectivity index (χ3n) is 52.4. The summed E-state index contributed by atoms with van der Waals surface area (Å²) in [6.07, 6.45) is 67.9. The molecule has 3 heterocycles. The van der Waals surface area contributed by atoms with Crippen molar-refractivity contribution in [1.29, 1.82) is 0 Å². The summed E-state index contributed by atoms with van der Waals surface area (Å²) in [5.41, 5.74) is 13.9. The number of halogens is 3. The molecule has 147 heavy (non-hydrogen) atoms. The quantitative estimate of drug-likeness (QED) is 0.0412. The van der Waals surface area contributed by atoms with Gasteiger partial charge in [0.15, 0.2) is 0 Å². The Hall–Kier alpha value is -4.38. The molecule has 12 saturated carbocycles. The van der Waals surface area contributed by atoms with Crippen molar-refractivity contribution in [3.63, 3.8) is 0 Å². The van der Waals surface area contributed by atoms with Crippen LogP contribution in [0.2, 0.25) is 0 Å². The molecule has 3 N–H and O–H groups in total. The first-order chi connectivity index (χ1) is 69.9. The number of carbonyl (C=O) groups excluding carboxylic acids is 3. The highest BCUT2D eigenvalue weighted by molar-refractivity contribution is 5.48. The molecule has 0 amide bonds. The predicted molar refractivity (Wildman–Crippen MR) is 596 cm³/mol. The zero-order valence-corrected chi connectivity index (χ0v) is 96.3. The van der Waals surface area contributed by atoms with Crippen molar-refractivity contribution in [3.8, 4) is 0 Å². The van der Waals surface area contributed by atoms with Gasteiger partial charge in [0.25, 0.3) is 19.4 Å². The van der Waals surface area contributed by atoms with E-state index < -0.39 is 36.8 Å². The third-order valence-corrected chi connectivity index (χ3v) is 52.4. The Balaban J connectivity index is 0.000000139. The summed E-state index contributed by atoms with van der Waals surface area (Å²) in [5, 5.41) is 13.0. The van der Waals surface area contributed by atoms with Crippen LogP contribution in [0.15, 0.2) is 106 Å². The highest BCUT2D eigenvalue weighted by Crippen LogP contribution is 2.82. The van der Waals surface area contributed by atoms with Crippen LogP contribution in [0.25, 0.3) is 0 Å². The van der Waals surface area contributed by atoms with Gasteiger partial charge in [0.1, 0.15) is 36.8 Å². The number of carbonyl (C=O) groups is 3. The molecule has 12 nitrogen and oxygen atoms in total. The lowest BCUT2D eigenvalue weighted by atomic mass is 9.33. The van der Waals surface area contributed by atoms with Crippen LogP contribution in [0.1, 0.15) is 414 Å². The fraction of sp³-hybridized carbons (Fsp3) is 0.841. The second-order valence-electron chi connectivity index (χ2n) is 59.0. The van der Waals surface area contributed by atoms with E-state index in [4.69, 9.17) is 14.2 Å². The van der Waals surface area contributed by atoms with Gasteiger partial charge >= 0.3 is 0 Å². The van der Waals surface area contributed by atoms with Gasteiger partial charge in [-0.1, -0.05) is 196 Å². The number of hydrogen-bond donors (Lipinski definition) is 3. The van der Waals surface area contributed by atoms with Crippen molar-refractivity contribution in [2.45, 2.75) is 447 Å². The van der Waals surface area contributed by atoms with Crippen LogP contribution < -0.4 is 16.0 Å². The van der Waals surface area contributed by atoms with E-state index in [1.54, 1.807) is 0 Å². The predicted octanol–water partition coefficient (Wildman–Crippen LogP) is 30.0. The average molecular weight is 2030 g/mol. The first-order valence-corrected chi connectivity index (χ1v) is 61.5. The van der Waals surface area contributed by atoms with Crippen molar-refractivity contribution >= 4 is 19.4 Å². The Morgan fingerprint density at radius 3 is 0.796 bits per heavy atom. The molecule has 21 aliphatic rings. The molecule has 30 atom stereocenters. The normalized spacial score (nSPS) is 46.3. The number of ether oxygens (including phenoxy) is 3. The van der Waals surface area contributed by atoms with Crippen molar-refractivity contribution in [2.24, 2.45) is 154 Å². The fourth-order valence-electron chi connectivity index (χ4n) is 44.2. The number of nitrogens with one attached hydrogen (secondary N) is 3. The van der Waals surface area contributed by atoms with E-state index in [0.29, 0.717) is 144 Å². The van der Waals surface area contributed by atoms with Crippen molar-refractivity contribution in [2.75, 3.05) is 98.6 Å². The maximum atomic E-state index is 14.0. The van der Waals surface area contributed by atoms with E-state index >= 15 is 0 Å². The first kappa shape index (κ1) is 111. The zero-order valence-electron chi connectivity index (χ0n) is 96.3. The molecule has 21 rings (SSSR count). The number of hydrogen-bond acceptors (Lipinski definition) is 12. The second kappa shape index (κ2) is 41.5. The first-order valence-electron chi connectivity index (χ1n) is 61.5. The molecule has 0 aromatic heterocycles. The molecule has 0 radical (unpaired) electrons. The van der Waals surface area contributed by atoms with E-state index in [1.165, 1.54) is 321 Å². The summed E-state index contributed by atoms with van der Waals surface area (Å²) in [6, 6.07) is 0. The SMILES string of the molecule is C=C(C)[C@@H]1CC[C@]2(NCCN3CCCCC3)CC[C@]3(C)[C@H](CC[C@@H]4[C@@]5(C)CC=C(C6=CCC(CF)(OC=O)CC6)C(C)(C)[C@@H]5CC[C@]43C)[C@@H]12.C=C(C)[C@@H]1CC[C@]2(NCCN3CCCCC3)CC[C@]3(C)[C@H](CC[C@@H]4[C@@]5(C)CC=C(C6=CC[C@@](CF)(OC=O)CC6)C(C)(C)[C@@H]5CC[C@]43C)[C@@H]12.C=C(C)[C@@H]1CC[C@]2(NCCN3CCCCC3)CC[C@]3(C)[C@H](CC[C@@H]4[C@@]5(C)CC=C(C6=CC[C@](CF)(OC=O)CC6)C(C)(C)[C@@H]5CC[C@]43C)[C@@H]12. The molecular formula is C132H207F3N6O6. The Morgan fingerprint density at radius 1 is 0.313 bits per heavy atom. The van der Waals surface area contributed by atoms with Gasteiger partial charge in [0.2, 0.25) is 0 Å². The van der Waals surface area contributed by atoms with Crippen molar-refractivity contribution in [3.05, 3.63) is 106 Å². The maximum absolute atomic E-state index is 14.0. The Bertz CT molecular complexity index is 4520. The van der Waals surface area contributed by atoms with Gasteiger partial charge in [-0.25, -0.2) is 13.2 Å². The lowest BCUT2D eigenvalue weighted by molar-refractivity contribution is -0.221. The maximum Gasteiger partial charge on any atom is 0.293 e. The number of nitrogens with zero attached hydrogens (tertiary/aromatic N) is 3. The van der Waals surface area contributed by atoms with Crippen molar-refractivity contribution in [1.82, 2.24) is 30.7 Å². The number of allylic oxidation sites excluding steroid dienone is 12. The van der Waals surface area contributed by atoms with Crippen LogP contribution in [0.3, 0.4) is 0 Å². The van der Waals surface area contributed by atoms with Gasteiger partial charge in [0, 0.05) is 75.1 Å². The molecular weight excluding hydrogens is 1820 g/mol. The van der Waals surface area contributed by atoms with Gasteiger partial charge in [0.05, 0.1) is 0 Å². The summed E-state index contributed by atoms with van der Waals surface area (Å²) in [5.74, 6) is 10.4. The molecule has 3 aliphatic heterocycles. The fourth-order valence-corrected chi connectivity index (χ4v) is 44.2. The molecule has 18 aliphatic carbocycles. The summed E-state index contributed by atoms with van der Waals surface area (Å²) < 4.78 is 57.9. The number of likely N-dealkylation sites (tertiary alicyclic amines) is 3. The van der Waals surface area contributed by atoms with E-state index in [2.05, 4.69) is 211 Å². The van der Waals surface area contributed by atoms with Gasteiger partial charge in [-0.2, -0.15) is 0 Å². The summed E-state index contributed by atoms with van der Waals surface area (Å²) in [4.78, 5) is 41.6. The lowest BCUT2D eigenvalue weighted by Crippen LogP contribution is -2.68. The van der Waals surface area contributed by atoms with Crippen LogP contribution in [0.4, 0.5) is 13.2 Å². The van der Waals surface area contributed by atoms with Gasteiger partial charge in [-0.15, -0.1) is 0 Å². The highest BCUT2D eigenvalue weighted by Gasteiger charge is 2.76. The number of alkyl halides is 3. The largest absolute Gasteiger partial charge is 0.458 e. The zero-order chi connectivity index (χ0) is 105. The topological polar surface area (TPSA) is 125 Å². The van der Waals surface area contributed by atoms with E-state index in [1.807, 2.05) is 0 Å². The molecule has 0 aromatic carbocycles. The summed E-state index contributed by atoms with van der Waals surface area (Å²) >= 11 is 0. The van der Waals surface area contributed by atoms with Crippen LogP contribution in [-0.4, -0.2) is 166 Å². The van der Waals surface area contributed by atoms with E-state index in [-0.39, 0.29) is 49.1 Å². The van der Waals surface area contributed by atoms with Gasteiger partial charge < -0.3 is 44.9 Å². The van der Waals surface area contributed by atoms with Gasteiger partial charge in [-0.05, 0) is 498 Å². The number of rotatable bonds is 27. The molecule has 0 aromatic rings. The van der Waals surface area contributed by atoms with Crippen molar-refractivity contribution < 1.29 is 41.8 Å². The van der Waals surface area contributed by atoms with Crippen LogP contribution in [0, 0.1) is 154 Å². The minimum atomic E-state index is -0.969. The minimum absolute atomic E-state index is 0.0651. The van der Waals surface area contributed by atoms with Gasteiger partial charge in [-0.3, -0.25) is 14.4 Å². The van der Waals surface area contributed by atoms with Crippen LogP contribution in [0.5, 0.6) is 0 Å². The molecule has 15 heteroatoms. The molecule has 822 valence electrons. The molecule has 1 unspecified atom stereocenters. The van der Waals surface area contributed by atoms with Crippen LogP contribution >= 0.6 is 0 Å². The Kier molecular flexibility index (Phi) is 31.3. The van der Waals surface area contributed by atoms with E-state index in [9.17, 15) is 27.6 Å². The Labute approximate surface area is 891 Å². The Morgan fingerprint density at radius 2 is 0.571 bits per heavy atom. The minimum Gasteiger partial charge on any atom is -0.458 e. The molecule has 0 bridgehead atoms. The highest BCUT2D eigenvalue weighted by atomic mass is 19.1.